The summed E-state index contributed by atoms with van der Waals surface area (Å²) in [4.78, 5) is 24.7. The Hall–Kier alpha value is -1.84. The van der Waals surface area contributed by atoms with Gasteiger partial charge in [-0.2, -0.15) is 0 Å². The molecule has 0 atom stereocenters. The first-order valence-electron chi connectivity index (χ1n) is 5.16. The number of nitrogens with zero attached hydrogens (tertiary/aromatic N) is 1. The highest BCUT2D eigenvalue weighted by atomic mass is 16.5. The molecule has 0 unspecified atom stereocenters. The van der Waals surface area contributed by atoms with E-state index in [1.54, 1.807) is 6.07 Å². The molecule has 0 saturated heterocycles. The Bertz CT molecular complexity index is 428. The minimum Gasteiger partial charge on any atom is -0.468 e. The number of esters is 1. The number of para-hydroxylation sites is 1. The molecule has 16 heavy (non-hydrogen) atoms. The Kier molecular flexibility index (Phi) is 2.90. The minimum absolute atomic E-state index is 0.136. The van der Waals surface area contributed by atoms with Gasteiger partial charge >= 0.3 is 5.97 Å². The summed E-state index contributed by atoms with van der Waals surface area (Å²) in [5.74, 6) is -0.152. The van der Waals surface area contributed by atoms with Crippen molar-refractivity contribution in [2.24, 2.45) is 0 Å². The van der Waals surface area contributed by atoms with E-state index >= 15 is 0 Å². The van der Waals surface area contributed by atoms with Gasteiger partial charge in [0.15, 0.2) is 5.78 Å². The quantitative estimate of drug-likeness (QED) is 0.702. The molecule has 1 heterocycles. The second-order valence-electron chi connectivity index (χ2n) is 3.69. The maximum Gasteiger partial charge on any atom is 0.325 e. The average molecular weight is 219 g/mol. The third-order valence-corrected chi connectivity index (χ3v) is 2.70. The highest BCUT2D eigenvalue weighted by molar-refractivity contribution is 6.03. The third-order valence-electron chi connectivity index (χ3n) is 2.70. The number of carbonyl (C=O) groups excluding carboxylic acids is 2. The normalized spacial score (nSPS) is 14.6. The SMILES string of the molecule is COC(=O)CN1CCC(=O)c2ccccc21. The lowest BCUT2D eigenvalue weighted by Gasteiger charge is -2.29. The summed E-state index contributed by atoms with van der Waals surface area (Å²) in [7, 11) is 1.36. The lowest BCUT2D eigenvalue weighted by molar-refractivity contribution is -0.138. The van der Waals surface area contributed by atoms with Crippen LogP contribution in [0.5, 0.6) is 0 Å². The van der Waals surface area contributed by atoms with Crippen LogP contribution >= 0.6 is 0 Å². The van der Waals surface area contributed by atoms with Crippen LogP contribution in [0.25, 0.3) is 0 Å². The molecular formula is C12H13NO3. The van der Waals surface area contributed by atoms with Gasteiger partial charge in [0, 0.05) is 24.2 Å². The zero-order valence-corrected chi connectivity index (χ0v) is 9.10. The summed E-state index contributed by atoms with van der Waals surface area (Å²) < 4.78 is 4.63. The predicted octanol–water partition coefficient (Wildman–Crippen LogP) is 1.25. The summed E-state index contributed by atoms with van der Waals surface area (Å²) in [6.45, 7) is 0.770. The Labute approximate surface area is 93.8 Å². The summed E-state index contributed by atoms with van der Waals surface area (Å²) in [5, 5.41) is 0. The first kappa shape index (κ1) is 10.7. The number of anilines is 1. The van der Waals surface area contributed by atoms with E-state index < -0.39 is 0 Å². The molecule has 4 nitrogen and oxygen atoms in total. The molecule has 0 aromatic heterocycles. The van der Waals surface area contributed by atoms with Crippen molar-refractivity contribution in [2.45, 2.75) is 6.42 Å². The fourth-order valence-corrected chi connectivity index (χ4v) is 1.86. The largest absolute Gasteiger partial charge is 0.468 e. The highest BCUT2D eigenvalue weighted by Crippen LogP contribution is 2.26. The fraction of sp³-hybridized carbons (Fsp3) is 0.333. The van der Waals surface area contributed by atoms with Crippen molar-refractivity contribution in [3.8, 4) is 0 Å². The van der Waals surface area contributed by atoms with Gasteiger partial charge in [0.05, 0.1) is 7.11 Å². The molecule has 4 heteroatoms. The molecule has 0 bridgehead atoms. The second kappa shape index (κ2) is 4.35. The molecule has 0 N–H and O–H groups in total. The van der Waals surface area contributed by atoms with Crippen molar-refractivity contribution < 1.29 is 14.3 Å². The molecule has 1 aromatic rings. The monoisotopic (exact) mass is 219 g/mol. The summed E-state index contributed by atoms with van der Waals surface area (Å²) >= 11 is 0. The van der Waals surface area contributed by atoms with E-state index in [2.05, 4.69) is 4.74 Å². The average Bonchev–Trinajstić information content (AvgIpc) is 2.33. The smallest absolute Gasteiger partial charge is 0.325 e. The zero-order chi connectivity index (χ0) is 11.5. The lowest BCUT2D eigenvalue weighted by Crippen LogP contribution is -2.36. The standard InChI is InChI=1S/C12H13NO3/c1-16-12(15)8-13-7-6-11(14)9-4-2-3-5-10(9)13/h2-5H,6-8H2,1H3. The van der Waals surface area contributed by atoms with E-state index in [1.165, 1.54) is 7.11 Å². The molecule has 0 saturated carbocycles. The Morgan fingerprint density at radius 3 is 2.94 bits per heavy atom. The van der Waals surface area contributed by atoms with Crippen LogP contribution in [0.15, 0.2) is 24.3 Å². The van der Waals surface area contributed by atoms with Crippen LogP contribution in [-0.4, -0.2) is 32.0 Å². The second-order valence-corrected chi connectivity index (χ2v) is 3.69. The van der Waals surface area contributed by atoms with Gasteiger partial charge in [-0.15, -0.1) is 0 Å². The van der Waals surface area contributed by atoms with Crippen molar-refractivity contribution in [3.63, 3.8) is 0 Å². The predicted molar refractivity (Wildman–Crippen MR) is 59.6 cm³/mol. The van der Waals surface area contributed by atoms with Crippen molar-refractivity contribution >= 4 is 17.4 Å². The van der Waals surface area contributed by atoms with Crippen LogP contribution < -0.4 is 4.90 Å². The number of rotatable bonds is 2. The fourth-order valence-electron chi connectivity index (χ4n) is 1.86. The summed E-state index contributed by atoms with van der Waals surface area (Å²) in [6, 6.07) is 7.34. The van der Waals surface area contributed by atoms with Gasteiger partial charge in [0.2, 0.25) is 0 Å². The maximum absolute atomic E-state index is 11.6. The molecule has 1 aliphatic rings. The van der Waals surface area contributed by atoms with Gasteiger partial charge in [-0.05, 0) is 12.1 Å². The number of Topliss-reactive ketones (excluding diaryl/α,β-unsaturated/α-hetero) is 1. The molecule has 1 aliphatic heterocycles. The van der Waals surface area contributed by atoms with Crippen molar-refractivity contribution in [1.29, 1.82) is 0 Å². The summed E-state index contributed by atoms with van der Waals surface area (Å²) in [5.41, 5.74) is 1.52. The van der Waals surface area contributed by atoms with Crippen LogP contribution in [0.3, 0.4) is 0 Å². The molecule has 1 aromatic carbocycles. The molecule has 0 amide bonds. The molecule has 0 spiro atoms. The number of ether oxygens (including phenoxy) is 1. The van der Waals surface area contributed by atoms with Crippen LogP contribution in [0.2, 0.25) is 0 Å². The van der Waals surface area contributed by atoms with E-state index in [9.17, 15) is 9.59 Å². The molecule has 0 radical (unpaired) electrons. The molecular weight excluding hydrogens is 206 g/mol. The Balaban J connectivity index is 2.28. The third kappa shape index (κ3) is 1.91. The van der Waals surface area contributed by atoms with Gasteiger partial charge in [-0.25, -0.2) is 0 Å². The summed E-state index contributed by atoms with van der Waals surface area (Å²) in [6.07, 6.45) is 0.452. The number of hydrogen-bond donors (Lipinski definition) is 0. The van der Waals surface area contributed by atoms with E-state index in [0.717, 1.165) is 5.69 Å². The lowest BCUT2D eigenvalue weighted by atomic mass is 10.0. The van der Waals surface area contributed by atoms with Crippen LogP contribution in [0, 0.1) is 0 Å². The maximum atomic E-state index is 11.6. The number of ketones is 1. The number of benzene rings is 1. The van der Waals surface area contributed by atoms with Crippen molar-refractivity contribution in [2.75, 3.05) is 25.1 Å². The molecule has 84 valence electrons. The molecule has 0 aliphatic carbocycles. The van der Waals surface area contributed by atoms with Crippen molar-refractivity contribution in [1.82, 2.24) is 0 Å². The van der Waals surface area contributed by atoms with E-state index in [1.807, 2.05) is 23.1 Å². The van der Waals surface area contributed by atoms with E-state index in [-0.39, 0.29) is 18.3 Å². The number of hydrogen-bond acceptors (Lipinski definition) is 4. The Morgan fingerprint density at radius 2 is 2.19 bits per heavy atom. The van der Waals surface area contributed by atoms with Gasteiger partial charge in [-0.1, -0.05) is 12.1 Å². The zero-order valence-electron chi connectivity index (χ0n) is 9.10. The Morgan fingerprint density at radius 1 is 1.44 bits per heavy atom. The first-order chi connectivity index (χ1) is 7.72. The molecule has 0 fully saturated rings. The van der Waals surface area contributed by atoms with Crippen LogP contribution in [-0.2, 0) is 9.53 Å². The highest BCUT2D eigenvalue weighted by Gasteiger charge is 2.23. The first-order valence-corrected chi connectivity index (χ1v) is 5.16. The number of fused-ring (bicyclic) bond motifs is 1. The number of methoxy groups -OCH3 is 1. The van der Waals surface area contributed by atoms with Gasteiger partial charge < -0.3 is 9.64 Å². The minimum atomic E-state index is -0.288. The van der Waals surface area contributed by atoms with E-state index in [0.29, 0.717) is 18.5 Å². The van der Waals surface area contributed by atoms with Gasteiger partial charge in [0.1, 0.15) is 6.54 Å². The van der Waals surface area contributed by atoms with Crippen molar-refractivity contribution in [3.05, 3.63) is 29.8 Å². The van der Waals surface area contributed by atoms with E-state index in [4.69, 9.17) is 0 Å². The molecule has 2 rings (SSSR count). The van der Waals surface area contributed by atoms with Gasteiger partial charge in [0.25, 0.3) is 0 Å². The topological polar surface area (TPSA) is 46.6 Å². The van der Waals surface area contributed by atoms with Gasteiger partial charge in [-0.3, -0.25) is 9.59 Å². The van der Waals surface area contributed by atoms with Crippen LogP contribution in [0.4, 0.5) is 5.69 Å². The van der Waals surface area contributed by atoms with Crippen LogP contribution in [0.1, 0.15) is 16.8 Å². The number of carbonyl (C=O) groups is 2.